The Morgan fingerprint density at radius 3 is 2.76 bits per heavy atom. The molecule has 2 aromatic carbocycles. The van der Waals surface area contributed by atoms with Crippen LogP contribution in [0.4, 0.5) is 5.69 Å². The molecule has 21 heavy (non-hydrogen) atoms. The maximum atomic E-state index is 5.98. The highest BCUT2D eigenvalue weighted by atomic mass is 79.9. The third kappa shape index (κ3) is 2.80. The summed E-state index contributed by atoms with van der Waals surface area (Å²) in [5, 5.41) is 4.63. The van der Waals surface area contributed by atoms with E-state index in [4.69, 9.17) is 21.9 Å². The number of rotatable bonds is 2. The zero-order valence-electron chi connectivity index (χ0n) is 11.1. The number of nitrogens with zero attached hydrogens (tertiary/aromatic N) is 2. The number of aromatic nitrogens is 2. The van der Waals surface area contributed by atoms with Crippen LogP contribution in [0.5, 0.6) is 0 Å². The molecule has 106 valence electrons. The summed E-state index contributed by atoms with van der Waals surface area (Å²) in [7, 11) is 0. The quantitative estimate of drug-likeness (QED) is 0.669. The summed E-state index contributed by atoms with van der Waals surface area (Å²) < 4.78 is 6.10. The Morgan fingerprint density at radius 2 is 2.00 bits per heavy atom. The molecule has 0 bridgehead atoms. The molecule has 2 N–H and O–H groups in total. The molecular formula is C15H11BrClN3O. The fourth-order valence-corrected chi connectivity index (χ4v) is 2.44. The minimum Gasteiger partial charge on any atom is -0.398 e. The molecule has 0 aliphatic rings. The first-order valence-electron chi connectivity index (χ1n) is 6.20. The molecule has 0 amide bonds. The van der Waals surface area contributed by atoms with Crippen molar-refractivity contribution in [3.05, 3.63) is 51.5 Å². The fourth-order valence-electron chi connectivity index (χ4n) is 1.94. The Morgan fingerprint density at radius 1 is 1.19 bits per heavy atom. The van der Waals surface area contributed by atoms with Gasteiger partial charge in [0.1, 0.15) is 0 Å². The SMILES string of the molecule is Cc1ccc(N)c(-c2nc(-c3ccc(Cl)c(Br)c3)no2)c1. The summed E-state index contributed by atoms with van der Waals surface area (Å²) in [4.78, 5) is 4.40. The van der Waals surface area contributed by atoms with Gasteiger partial charge in [-0.25, -0.2) is 0 Å². The van der Waals surface area contributed by atoms with Gasteiger partial charge in [-0.3, -0.25) is 0 Å². The predicted octanol–water partition coefficient (Wildman–Crippen LogP) is 4.71. The molecule has 3 rings (SSSR count). The van der Waals surface area contributed by atoms with Gasteiger partial charge >= 0.3 is 0 Å². The second kappa shape index (κ2) is 5.50. The van der Waals surface area contributed by atoms with Crippen molar-refractivity contribution < 1.29 is 4.52 Å². The minimum absolute atomic E-state index is 0.400. The van der Waals surface area contributed by atoms with Gasteiger partial charge in [0.15, 0.2) is 0 Å². The van der Waals surface area contributed by atoms with E-state index >= 15 is 0 Å². The molecule has 0 radical (unpaired) electrons. The molecule has 0 unspecified atom stereocenters. The zero-order chi connectivity index (χ0) is 15.0. The smallest absolute Gasteiger partial charge is 0.260 e. The van der Waals surface area contributed by atoms with Crippen molar-refractivity contribution in [2.24, 2.45) is 0 Å². The first kappa shape index (κ1) is 14.1. The van der Waals surface area contributed by atoms with E-state index in [1.165, 1.54) is 0 Å². The number of aryl methyl sites for hydroxylation is 1. The first-order chi connectivity index (χ1) is 10.0. The molecule has 1 heterocycles. The first-order valence-corrected chi connectivity index (χ1v) is 7.37. The Balaban J connectivity index is 2.03. The van der Waals surface area contributed by atoms with Crippen LogP contribution in [-0.2, 0) is 0 Å². The fraction of sp³-hybridized carbons (Fsp3) is 0.0667. The Kier molecular flexibility index (Phi) is 3.69. The van der Waals surface area contributed by atoms with Crippen molar-refractivity contribution >= 4 is 33.2 Å². The lowest BCUT2D eigenvalue weighted by Crippen LogP contribution is -1.91. The Hall–Kier alpha value is -1.85. The molecule has 0 aliphatic heterocycles. The van der Waals surface area contributed by atoms with Gasteiger partial charge in [0, 0.05) is 15.7 Å². The van der Waals surface area contributed by atoms with Crippen LogP contribution in [0.3, 0.4) is 0 Å². The van der Waals surface area contributed by atoms with E-state index < -0.39 is 0 Å². The van der Waals surface area contributed by atoms with Crippen molar-refractivity contribution in [2.75, 3.05) is 5.73 Å². The average Bonchev–Trinajstić information content (AvgIpc) is 2.94. The monoisotopic (exact) mass is 363 g/mol. The molecule has 1 aromatic heterocycles. The van der Waals surface area contributed by atoms with Gasteiger partial charge in [-0.2, -0.15) is 4.98 Å². The van der Waals surface area contributed by atoms with Crippen molar-refractivity contribution in [1.82, 2.24) is 10.1 Å². The van der Waals surface area contributed by atoms with Crippen LogP contribution in [0.15, 0.2) is 45.4 Å². The molecule has 4 nitrogen and oxygen atoms in total. The van der Waals surface area contributed by atoms with Crippen molar-refractivity contribution in [3.8, 4) is 22.8 Å². The summed E-state index contributed by atoms with van der Waals surface area (Å²) in [6.45, 7) is 1.98. The van der Waals surface area contributed by atoms with E-state index in [1.54, 1.807) is 6.07 Å². The number of halogens is 2. The summed E-state index contributed by atoms with van der Waals surface area (Å²) in [5.74, 6) is 0.889. The van der Waals surface area contributed by atoms with Gasteiger partial charge in [-0.05, 0) is 53.2 Å². The summed E-state index contributed by atoms with van der Waals surface area (Å²) in [6, 6.07) is 11.1. The summed E-state index contributed by atoms with van der Waals surface area (Å²) in [5.41, 5.74) is 9.19. The van der Waals surface area contributed by atoms with Crippen molar-refractivity contribution in [3.63, 3.8) is 0 Å². The Labute approximate surface area is 135 Å². The molecule has 0 fully saturated rings. The highest BCUT2D eigenvalue weighted by Gasteiger charge is 2.14. The number of hydrogen-bond donors (Lipinski definition) is 1. The molecular weight excluding hydrogens is 354 g/mol. The van der Waals surface area contributed by atoms with Gasteiger partial charge in [0.2, 0.25) is 5.82 Å². The molecule has 0 spiro atoms. The summed E-state index contributed by atoms with van der Waals surface area (Å²) in [6.07, 6.45) is 0. The maximum absolute atomic E-state index is 5.98. The molecule has 6 heteroatoms. The highest BCUT2D eigenvalue weighted by molar-refractivity contribution is 9.10. The lowest BCUT2D eigenvalue weighted by Gasteiger charge is -2.01. The third-order valence-corrected chi connectivity index (χ3v) is 4.26. The van der Waals surface area contributed by atoms with Crippen molar-refractivity contribution in [2.45, 2.75) is 6.92 Å². The van der Waals surface area contributed by atoms with Crippen LogP contribution in [0.1, 0.15) is 5.56 Å². The maximum Gasteiger partial charge on any atom is 0.260 e. The van der Waals surface area contributed by atoms with Crippen LogP contribution in [0.25, 0.3) is 22.8 Å². The largest absolute Gasteiger partial charge is 0.398 e. The second-order valence-electron chi connectivity index (χ2n) is 4.64. The highest BCUT2D eigenvalue weighted by Crippen LogP contribution is 2.30. The molecule has 0 saturated heterocycles. The third-order valence-electron chi connectivity index (χ3n) is 3.04. The number of hydrogen-bond acceptors (Lipinski definition) is 4. The van der Waals surface area contributed by atoms with E-state index in [0.717, 1.165) is 21.2 Å². The van der Waals surface area contributed by atoms with E-state index in [9.17, 15) is 0 Å². The average molecular weight is 365 g/mol. The van der Waals surface area contributed by atoms with Gasteiger partial charge in [-0.1, -0.05) is 28.4 Å². The molecule has 0 atom stereocenters. The van der Waals surface area contributed by atoms with Crippen LogP contribution in [0.2, 0.25) is 5.02 Å². The van der Waals surface area contributed by atoms with E-state index in [2.05, 4.69) is 26.1 Å². The minimum atomic E-state index is 0.400. The van der Waals surface area contributed by atoms with Gasteiger partial charge in [-0.15, -0.1) is 0 Å². The number of benzene rings is 2. The molecule has 0 aliphatic carbocycles. The zero-order valence-corrected chi connectivity index (χ0v) is 13.4. The normalized spacial score (nSPS) is 10.8. The van der Waals surface area contributed by atoms with E-state index in [0.29, 0.717) is 22.4 Å². The number of nitrogen functional groups attached to an aromatic ring is 1. The standard InChI is InChI=1S/C15H11BrClN3O/c1-8-2-5-13(18)10(6-8)15-19-14(20-21-15)9-3-4-12(17)11(16)7-9/h2-7H,18H2,1H3. The lowest BCUT2D eigenvalue weighted by molar-refractivity contribution is 0.432. The lowest BCUT2D eigenvalue weighted by atomic mass is 10.1. The number of nitrogens with two attached hydrogens (primary N) is 1. The van der Waals surface area contributed by atoms with Gasteiger partial charge < -0.3 is 10.3 Å². The van der Waals surface area contributed by atoms with Gasteiger partial charge in [0.05, 0.1) is 10.6 Å². The van der Waals surface area contributed by atoms with E-state index in [-0.39, 0.29) is 0 Å². The topological polar surface area (TPSA) is 64.9 Å². The molecule has 3 aromatic rings. The van der Waals surface area contributed by atoms with Crippen LogP contribution < -0.4 is 5.73 Å². The second-order valence-corrected chi connectivity index (χ2v) is 5.90. The van der Waals surface area contributed by atoms with E-state index in [1.807, 2.05) is 37.3 Å². The van der Waals surface area contributed by atoms with Gasteiger partial charge in [0.25, 0.3) is 5.89 Å². The van der Waals surface area contributed by atoms with Crippen LogP contribution in [-0.4, -0.2) is 10.1 Å². The van der Waals surface area contributed by atoms with Crippen LogP contribution in [0, 0.1) is 6.92 Å². The number of anilines is 1. The summed E-state index contributed by atoms with van der Waals surface area (Å²) >= 11 is 9.36. The predicted molar refractivity (Wildman–Crippen MR) is 87.0 cm³/mol. The van der Waals surface area contributed by atoms with Crippen LogP contribution >= 0.6 is 27.5 Å². The Bertz CT molecular complexity index is 816. The molecule has 0 saturated carbocycles. The van der Waals surface area contributed by atoms with Crippen molar-refractivity contribution in [1.29, 1.82) is 0 Å².